The number of methoxy groups -OCH3 is 1. The van der Waals surface area contributed by atoms with Gasteiger partial charge in [0.1, 0.15) is 5.54 Å². The maximum Gasteiger partial charge on any atom is 0.248 e. The molecule has 1 aromatic carbocycles. The summed E-state index contributed by atoms with van der Waals surface area (Å²) in [5.41, 5.74) is 4.74. The van der Waals surface area contributed by atoms with Gasteiger partial charge in [-0.1, -0.05) is 17.7 Å². The average Bonchev–Trinajstić information content (AvgIpc) is 2.65. The Kier molecular flexibility index (Phi) is 4.46. The van der Waals surface area contributed by atoms with Gasteiger partial charge in [-0.2, -0.15) is 0 Å². The van der Waals surface area contributed by atoms with Gasteiger partial charge in [0, 0.05) is 35.9 Å². The average molecular weight is 376 g/mol. The lowest BCUT2D eigenvalue weighted by molar-refractivity contribution is 0.373. The number of H-pyrrole nitrogens is 1. The zero-order chi connectivity index (χ0) is 19.9. The Bertz CT molecular complexity index is 1080. The number of rotatable bonds is 3. The van der Waals surface area contributed by atoms with Gasteiger partial charge in [0.2, 0.25) is 5.56 Å². The summed E-state index contributed by atoms with van der Waals surface area (Å²) in [4.78, 5) is 20.0. The molecular weight excluding hydrogens is 352 g/mol. The van der Waals surface area contributed by atoms with E-state index >= 15 is 0 Å². The molecule has 2 bridgehead atoms. The molecule has 144 valence electrons. The summed E-state index contributed by atoms with van der Waals surface area (Å²) in [7, 11) is 1.52. The van der Waals surface area contributed by atoms with Gasteiger partial charge in [-0.15, -0.1) is 0 Å². The van der Waals surface area contributed by atoms with Crippen molar-refractivity contribution < 1.29 is 9.84 Å². The molecule has 2 aromatic rings. The summed E-state index contributed by atoms with van der Waals surface area (Å²) in [6.45, 7) is 4.19. The summed E-state index contributed by atoms with van der Waals surface area (Å²) in [5.74, 6) is 0.744. The topological polar surface area (TPSA) is 74.7 Å². The Morgan fingerprint density at radius 3 is 2.86 bits per heavy atom. The molecule has 0 aliphatic heterocycles. The minimum Gasteiger partial charge on any atom is -0.504 e. The van der Waals surface area contributed by atoms with Gasteiger partial charge < -0.3 is 14.8 Å². The molecule has 5 heteroatoms. The molecule has 0 spiro atoms. The predicted octanol–water partition coefficient (Wildman–Crippen LogP) is 3.87. The number of pyridine rings is 1. The number of aromatic amines is 1. The van der Waals surface area contributed by atoms with Crippen LogP contribution >= 0.6 is 0 Å². The number of phenolic OH excluding ortho intramolecular Hbond substituents is 1. The number of hydrogen-bond acceptors (Lipinski definition) is 4. The minimum absolute atomic E-state index is 0.0827. The van der Waals surface area contributed by atoms with E-state index in [9.17, 15) is 9.90 Å². The molecular formula is C23H24N2O3. The second-order valence-corrected chi connectivity index (χ2v) is 7.51. The number of allylic oxidation sites excluding steroid dienone is 2. The van der Waals surface area contributed by atoms with Gasteiger partial charge in [0.15, 0.2) is 11.5 Å². The van der Waals surface area contributed by atoms with Crippen LogP contribution in [0.3, 0.4) is 0 Å². The van der Waals surface area contributed by atoms with Crippen LogP contribution in [0, 0.1) is 5.92 Å². The fourth-order valence-electron chi connectivity index (χ4n) is 4.62. The van der Waals surface area contributed by atoms with Gasteiger partial charge in [-0.25, -0.2) is 0 Å². The maximum absolute atomic E-state index is 11.9. The van der Waals surface area contributed by atoms with E-state index < -0.39 is 5.54 Å². The van der Waals surface area contributed by atoms with Crippen molar-refractivity contribution in [2.24, 2.45) is 10.9 Å². The Labute approximate surface area is 164 Å². The highest BCUT2D eigenvalue weighted by Crippen LogP contribution is 2.51. The third-order valence-corrected chi connectivity index (χ3v) is 5.72. The molecule has 4 rings (SSSR count). The molecule has 0 saturated heterocycles. The van der Waals surface area contributed by atoms with E-state index in [-0.39, 0.29) is 17.2 Å². The van der Waals surface area contributed by atoms with E-state index in [4.69, 9.17) is 9.73 Å². The van der Waals surface area contributed by atoms with Crippen LogP contribution in [-0.2, 0) is 12.0 Å². The number of ether oxygens (including phenoxy) is 1. The van der Waals surface area contributed by atoms with E-state index in [0.717, 1.165) is 29.7 Å². The first-order chi connectivity index (χ1) is 13.5. The zero-order valence-electron chi connectivity index (χ0n) is 16.3. The second kappa shape index (κ2) is 6.82. The van der Waals surface area contributed by atoms with Gasteiger partial charge in [0.05, 0.1) is 7.11 Å². The van der Waals surface area contributed by atoms with Crippen molar-refractivity contribution in [2.75, 3.05) is 7.11 Å². The van der Waals surface area contributed by atoms with Crippen LogP contribution in [0.2, 0.25) is 0 Å². The number of nitrogens with one attached hydrogen (secondary N) is 1. The van der Waals surface area contributed by atoms with Crippen LogP contribution in [0.5, 0.6) is 11.5 Å². The third kappa shape index (κ3) is 2.87. The molecule has 0 saturated carbocycles. The second-order valence-electron chi connectivity index (χ2n) is 7.51. The van der Waals surface area contributed by atoms with E-state index in [1.807, 2.05) is 12.1 Å². The normalized spacial score (nSPS) is 24.9. The molecule has 5 nitrogen and oxygen atoms in total. The predicted molar refractivity (Wildman–Crippen MR) is 110 cm³/mol. The van der Waals surface area contributed by atoms with Crippen LogP contribution in [0.25, 0.3) is 0 Å². The fraction of sp³-hybridized carbons (Fsp3) is 0.304. The number of hydrogen-bond donors (Lipinski definition) is 2. The van der Waals surface area contributed by atoms with Crippen LogP contribution in [-0.4, -0.2) is 23.4 Å². The molecule has 1 aromatic heterocycles. The number of aromatic hydroxyl groups is 1. The molecule has 2 N–H and O–H groups in total. The van der Waals surface area contributed by atoms with Crippen LogP contribution in [0.4, 0.5) is 0 Å². The first-order valence-electron chi connectivity index (χ1n) is 9.45. The van der Waals surface area contributed by atoms with Gasteiger partial charge in [-0.05, 0) is 55.7 Å². The van der Waals surface area contributed by atoms with Crippen LogP contribution in [0.15, 0.2) is 63.4 Å². The van der Waals surface area contributed by atoms with Crippen molar-refractivity contribution in [1.29, 1.82) is 0 Å². The van der Waals surface area contributed by atoms with Gasteiger partial charge in [-0.3, -0.25) is 9.79 Å². The molecule has 0 amide bonds. The highest BCUT2D eigenvalue weighted by molar-refractivity contribution is 5.82. The number of nitrogens with zero attached hydrogens (tertiary/aromatic N) is 1. The third-order valence-electron chi connectivity index (χ3n) is 5.72. The Morgan fingerprint density at radius 2 is 2.14 bits per heavy atom. The molecule has 28 heavy (non-hydrogen) atoms. The summed E-state index contributed by atoms with van der Waals surface area (Å²) in [6.07, 6.45) is 7.80. The Morgan fingerprint density at radius 1 is 1.32 bits per heavy atom. The quantitative estimate of drug-likeness (QED) is 0.631. The number of aromatic nitrogens is 1. The number of phenols is 1. The van der Waals surface area contributed by atoms with Crippen molar-refractivity contribution >= 4 is 6.21 Å². The monoisotopic (exact) mass is 376 g/mol. The number of aliphatic imine (C=N–C) groups is 1. The molecule has 2 aliphatic carbocycles. The van der Waals surface area contributed by atoms with Crippen molar-refractivity contribution in [3.8, 4) is 11.5 Å². The minimum atomic E-state index is -0.536. The molecule has 2 atom stereocenters. The van der Waals surface area contributed by atoms with Gasteiger partial charge in [0.25, 0.3) is 0 Å². The van der Waals surface area contributed by atoms with Crippen LogP contribution < -0.4 is 10.3 Å². The maximum atomic E-state index is 11.9. The van der Waals surface area contributed by atoms with Crippen molar-refractivity contribution in [3.63, 3.8) is 0 Å². The first kappa shape index (κ1) is 18.3. The number of fused-ring (bicyclic) bond motifs is 4. The largest absolute Gasteiger partial charge is 0.504 e. The zero-order valence-corrected chi connectivity index (χ0v) is 16.3. The summed E-state index contributed by atoms with van der Waals surface area (Å²) < 4.78 is 5.12. The molecule has 0 radical (unpaired) electrons. The van der Waals surface area contributed by atoms with E-state index in [1.54, 1.807) is 24.4 Å². The molecule has 2 aliphatic rings. The van der Waals surface area contributed by atoms with E-state index in [1.165, 1.54) is 18.3 Å². The van der Waals surface area contributed by atoms with Gasteiger partial charge >= 0.3 is 0 Å². The Hall–Kier alpha value is -3.08. The lowest BCUT2D eigenvalue weighted by Gasteiger charge is -2.45. The number of benzene rings is 1. The first-order valence-corrected chi connectivity index (χ1v) is 9.45. The SMILES string of the molecule is C/C=C1\C2C=C(C)CC1(N=Cc1ccc(OC)c(O)c1)c1ccc(=O)[nH]c1C2. The highest BCUT2D eigenvalue weighted by atomic mass is 16.5. The summed E-state index contributed by atoms with van der Waals surface area (Å²) in [6, 6.07) is 8.74. The van der Waals surface area contributed by atoms with Crippen LogP contribution in [0.1, 0.15) is 37.1 Å². The van der Waals surface area contributed by atoms with Crippen molar-refractivity contribution in [1.82, 2.24) is 4.98 Å². The fourth-order valence-corrected chi connectivity index (χ4v) is 4.62. The van der Waals surface area contributed by atoms with E-state index in [0.29, 0.717) is 5.75 Å². The standard InChI is InChI=1S/C23H24N2O3/c1-4-17-16-9-14(2)12-23(17,18-6-8-22(27)25-19(18)11-16)24-13-15-5-7-21(28-3)20(26)10-15/h4-10,13,16,26H,11-12H2,1-3H3,(H,25,27)/b17-4+,24-13?. The lowest BCUT2D eigenvalue weighted by atomic mass is 9.63. The molecule has 1 heterocycles. The highest BCUT2D eigenvalue weighted by Gasteiger charge is 2.46. The lowest BCUT2D eigenvalue weighted by Crippen LogP contribution is -2.40. The van der Waals surface area contributed by atoms with Crippen molar-refractivity contribution in [2.45, 2.75) is 32.2 Å². The summed E-state index contributed by atoms with van der Waals surface area (Å²) in [5, 5.41) is 10.1. The Balaban J connectivity index is 1.87. The summed E-state index contributed by atoms with van der Waals surface area (Å²) >= 11 is 0. The van der Waals surface area contributed by atoms with Crippen molar-refractivity contribution in [3.05, 3.63) is 80.8 Å². The van der Waals surface area contributed by atoms with E-state index in [2.05, 4.69) is 31.0 Å². The molecule has 0 fully saturated rings. The smallest absolute Gasteiger partial charge is 0.248 e. The molecule has 2 unspecified atom stereocenters.